The van der Waals surface area contributed by atoms with Gasteiger partial charge in [0, 0.05) is 6.61 Å². The van der Waals surface area contributed by atoms with Crippen LogP contribution in [0.1, 0.15) is 12.3 Å². The van der Waals surface area contributed by atoms with E-state index in [0.717, 1.165) is 17.5 Å². The number of para-hydroxylation sites is 2. The minimum Gasteiger partial charge on any atom is -0.439 e. The summed E-state index contributed by atoms with van der Waals surface area (Å²) < 4.78 is 10.7. The van der Waals surface area contributed by atoms with Crippen LogP contribution in [0.3, 0.4) is 0 Å². The van der Waals surface area contributed by atoms with E-state index in [-0.39, 0.29) is 11.8 Å². The molecule has 18 heavy (non-hydrogen) atoms. The molecule has 1 aromatic carbocycles. The number of carbonyl (C=O) groups is 1. The lowest BCUT2D eigenvalue weighted by Gasteiger charge is -2.06. The largest absolute Gasteiger partial charge is 0.439 e. The van der Waals surface area contributed by atoms with Crippen LogP contribution in [0.25, 0.3) is 11.1 Å². The van der Waals surface area contributed by atoms with Gasteiger partial charge in [-0.05, 0) is 18.6 Å². The van der Waals surface area contributed by atoms with Crippen LogP contribution in [-0.4, -0.2) is 24.1 Å². The average Bonchev–Trinajstić information content (AvgIpc) is 3.04. The molecule has 0 saturated carbocycles. The Morgan fingerprint density at radius 3 is 3.11 bits per heavy atom. The van der Waals surface area contributed by atoms with Crippen LogP contribution in [0.4, 0.5) is 0 Å². The van der Waals surface area contributed by atoms with E-state index < -0.39 is 0 Å². The van der Waals surface area contributed by atoms with Gasteiger partial charge < -0.3 is 14.5 Å². The third kappa shape index (κ3) is 2.22. The van der Waals surface area contributed by atoms with E-state index in [1.807, 2.05) is 24.3 Å². The Balaban J connectivity index is 1.63. The number of ether oxygens (including phenoxy) is 1. The number of benzene rings is 1. The molecule has 3 rings (SSSR count). The summed E-state index contributed by atoms with van der Waals surface area (Å²) in [4.78, 5) is 16.1. The van der Waals surface area contributed by atoms with Crippen molar-refractivity contribution < 1.29 is 13.9 Å². The van der Waals surface area contributed by atoms with E-state index in [0.29, 0.717) is 25.6 Å². The number of hydrogen-bond donors (Lipinski definition) is 1. The van der Waals surface area contributed by atoms with Crippen LogP contribution < -0.4 is 5.32 Å². The summed E-state index contributed by atoms with van der Waals surface area (Å²) in [5.41, 5.74) is 1.55. The van der Waals surface area contributed by atoms with Gasteiger partial charge in [0.2, 0.25) is 11.8 Å². The van der Waals surface area contributed by atoms with Gasteiger partial charge in [0.05, 0.1) is 19.1 Å². The molecule has 1 saturated heterocycles. The number of aromatic nitrogens is 1. The van der Waals surface area contributed by atoms with Crippen molar-refractivity contribution in [1.82, 2.24) is 10.3 Å². The summed E-state index contributed by atoms with van der Waals surface area (Å²) in [6, 6.07) is 7.54. The molecule has 1 amide bonds. The molecule has 5 nitrogen and oxygen atoms in total. The van der Waals surface area contributed by atoms with Gasteiger partial charge in [0.25, 0.3) is 0 Å². The van der Waals surface area contributed by atoms with Crippen molar-refractivity contribution in [2.24, 2.45) is 5.92 Å². The van der Waals surface area contributed by atoms with Crippen LogP contribution in [0.15, 0.2) is 28.7 Å². The maximum absolute atomic E-state index is 11.8. The lowest BCUT2D eigenvalue weighted by atomic mass is 10.1. The quantitative estimate of drug-likeness (QED) is 0.891. The number of amides is 1. The first kappa shape index (κ1) is 11.2. The fourth-order valence-electron chi connectivity index (χ4n) is 2.04. The fraction of sp³-hybridized carbons (Fsp3) is 0.385. The van der Waals surface area contributed by atoms with Crippen molar-refractivity contribution >= 4 is 17.0 Å². The molecule has 0 radical (unpaired) electrons. The summed E-state index contributed by atoms with van der Waals surface area (Å²) in [7, 11) is 0. The van der Waals surface area contributed by atoms with E-state index in [1.165, 1.54) is 0 Å². The lowest BCUT2D eigenvalue weighted by molar-refractivity contribution is -0.125. The van der Waals surface area contributed by atoms with Gasteiger partial charge in [0.15, 0.2) is 5.58 Å². The zero-order valence-corrected chi connectivity index (χ0v) is 9.89. The van der Waals surface area contributed by atoms with Crippen LogP contribution in [-0.2, 0) is 16.1 Å². The van der Waals surface area contributed by atoms with Crippen LogP contribution >= 0.6 is 0 Å². The minimum absolute atomic E-state index is 0.00903. The Morgan fingerprint density at radius 1 is 1.44 bits per heavy atom. The predicted molar refractivity (Wildman–Crippen MR) is 64.8 cm³/mol. The number of fused-ring (bicyclic) bond motifs is 1. The molecule has 1 atom stereocenters. The van der Waals surface area contributed by atoms with E-state index in [4.69, 9.17) is 9.15 Å². The molecule has 94 valence electrons. The van der Waals surface area contributed by atoms with Crippen LogP contribution in [0.5, 0.6) is 0 Å². The van der Waals surface area contributed by atoms with E-state index in [1.54, 1.807) is 0 Å². The molecular formula is C13H14N2O3. The number of oxazole rings is 1. The normalized spacial score (nSPS) is 19.2. The summed E-state index contributed by atoms with van der Waals surface area (Å²) in [6.45, 7) is 1.50. The molecule has 0 unspecified atom stereocenters. The van der Waals surface area contributed by atoms with Gasteiger partial charge in [-0.2, -0.15) is 0 Å². The molecule has 0 spiro atoms. The van der Waals surface area contributed by atoms with Gasteiger partial charge in [0.1, 0.15) is 5.52 Å². The van der Waals surface area contributed by atoms with Gasteiger partial charge in [-0.3, -0.25) is 4.79 Å². The molecule has 1 aliphatic heterocycles. The van der Waals surface area contributed by atoms with Crippen molar-refractivity contribution in [2.45, 2.75) is 13.0 Å². The number of nitrogens with zero attached hydrogens (tertiary/aromatic N) is 1. The first-order chi connectivity index (χ1) is 8.83. The number of carbonyl (C=O) groups excluding carboxylic acids is 1. The van der Waals surface area contributed by atoms with Crippen LogP contribution in [0.2, 0.25) is 0 Å². The standard InChI is InChI=1S/C13H14N2O3/c16-13(9-5-6-17-8-9)14-7-12-15-10-3-1-2-4-11(10)18-12/h1-4,9H,5-8H2,(H,14,16)/t9-/m1/s1. The van der Waals surface area contributed by atoms with Crippen molar-refractivity contribution in [2.75, 3.05) is 13.2 Å². The molecule has 0 aliphatic carbocycles. The number of hydrogen-bond acceptors (Lipinski definition) is 4. The zero-order chi connectivity index (χ0) is 12.4. The molecule has 2 heterocycles. The third-order valence-electron chi connectivity index (χ3n) is 3.05. The Labute approximate surface area is 104 Å². The summed E-state index contributed by atoms with van der Waals surface area (Å²) in [5.74, 6) is 0.507. The summed E-state index contributed by atoms with van der Waals surface area (Å²) in [6.07, 6.45) is 0.791. The highest BCUT2D eigenvalue weighted by atomic mass is 16.5. The Bertz CT molecular complexity index is 525. The second-order valence-electron chi connectivity index (χ2n) is 4.35. The van der Waals surface area contributed by atoms with Crippen molar-refractivity contribution in [3.63, 3.8) is 0 Å². The van der Waals surface area contributed by atoms with E-state index in [9.17, 15) is 4.79 Å². The van der Waals surface area contributed by atoms with Gasteiger partial charge in [-0.1, -0.05) is 12.1 Å². The Morgan fingerprint density at radius 2 is 2.33 bits per heavy atom. The second kappa shape index (κ2) is 4.78. The highest BCUT2D eigenvalue weighted by Crippen LogP contribution is 2.15. The molecular weight excluding hydrogens is 232 g/mol. The minimum atomic E-state index is -0.0330. The molecule has 0 bridgehead atoms. The predicted octanol–water partition coefficient (Wildman–Crippen LogP) is 1.48. The van der Waals surface area contributed by atoms with Crippen molar-refractivity contribution in [3.05, 3.63) is 30.2 Å². The van der Waals surface area contributed by atoms with Gasteiger partial charge in [-0.25, -0.2) is 4.98 Å². The second-order valence-corrected chi connectivity index (χ2v) is 4.35. The Kier molecular flexibility index (Phi) is 2.98. The maximum atomic E-state index is 11.8. The first-order valence-corrected chi connectivity index (χ1v) is 6.03. The molecule has 2 aromatic rings. The van der Waals surface area contributed by atoms with Crippen molar-refractivity contribution in [1.29, 1.82) is 0 Å². The number of nitrogens with one attached hydrogen (secondary N) is 1. The highest BCUT2D eigenvalue weighted by Gasteiger charge is 2.23. The van der Waals surface area contributed by atoms with E-state index in [2.05, 4.69) is 10.3 Å². The molecule has 1 aromatic heterocycles. The topological polar surface area (TPSA) is 64.4 Å². The third-order valence-corrected chi connectivity index (χ3v) is 3.05. The zero-order valence-electron chi connectivity index (χ0n) is 9.89. The molecule has 1 N–H and O–H groups in total. The summed E-state index contributed by atoms with van der Waals surface area (Å²) in [5, 5.41) is 2.83. The van der Waals surface area contributed by atoms with Crippen molar-refractivity contribution in [3.8, 4) is 0 Å². The van der Waals surface area contributed by atoms with Crippen LogP contribution in [0, 0.1) is 5.92 Å². The number of rotatable bonds is 3. The SMILES string of the molecule is O=C(NCc1nc2ccccc2o1)[C@@H]1CCOC1. The first-order valence-electron chi connectivity index (χ1n) is 6.03. The van der Waals surface area contributed by atoms with E-state index >= 15 is 0 Å². The average molecular weight is 246 g/mol. The molecule has 1 fully saturated rings. The molecule has 1 aliphatic rings. The Hall–Kier alpha value is -1.88. The maximum Gasteiger partial charge on any atom is 0.225 e. The molecule has 5 heteroatoms. The highest BCUT2D eigenvalue weighted by molar-refractivity contribution is 5.79. The lowest BCUT2D eigenvalue weighted by Crippen LogP contribution is -2.30. The van der Waals surface area contributed by atoms with Gasteiger partial charge >= 0.3 is 0 Å². The van der Waals surface area contributed by atoms with Gasteiger partial charge in [-0.15, -0.1) is 0 Å². The summed E-state index contributed by atoms with van der Waals surface area (Å²) >= 11 is 0. The fourth-order valence-corrected chi connectivity index (χ4v) is 2.04. The monoisotopic (exact) mass is 246 g/mol. The smallest absolute Gasteiger partial charge is 0.225 e.